The zero-order chi connectivity index (χ0) is 14.1. The molecule has 18 heavy (non-hydrogen) atoms. The van der Waals surface area contributed by atoms with E-state index < -0.39 is 15.6 Å². The van der Waals surface area contributed by atoms with Gasteiger partial charge in [-0.3, -0.25) is 0 Å². The number of sulfonamides is 1. The number of benzene rings is 1. The first-order valence-corrected chi connectivity index (χ1v) is 7.52. The summed E-state index contributed by atoms with van der Waals surface area (Å²) >= 11 is 3.27. The first-order chi connectivity index (χ1) is 8.11. The fourth-order valence-electron chi connectivity index (χ4n) is 1.38. The second-order valence-electron chi connectivity index (χ2n) is 4.61. The van der Waals surface area contributed by atoms with Crippen LogP contribution < -0.4 is 0 Å². The number of hydrogen-bond acceptors (Lipinski definition) is 3. The number of hydrogen-bond donors (Lipinski definition) is 0. The third kappa shape index (κ3) is 2.91. The lowest BCUT2D eigenvalue weighted by Crippen LogP contribution is -2.43. The van der Waals surface area contributed by atoms with Crippen LogP contribution in [0.5, 0.6) is 0 Å². The topological polar surface area (TPSA) is 61.2 Å². The summed E-state index contributed by atoms with van der Waals surface area (Å²) in [6.07, 6.45) is 0. The highest BCUT2D eigenvalue weighted by atomic mass is 79.9. The summed E-state index contributed by atoms with van der Waals surface area (Å²) < 4.78 is 26.6. The van der Waals surface area contributed by atoms with Crippen LogP contribution in [0.15, 0.2) is 27.6 Å². The van der Waals surface area contributed by atoms with Crippen LogP contribution in [0, 0.1) is 18.3 Å². The van der Waals surface area contributed by atoms with Crippen LogP contribution in [0.2, 0.25) is 0 Å². The molecule has 0 aromatic heterocycles. The lowest BCUT2D eigenvalue weighted by atomic mass is 10.1. The van der Waals surface area contributed by atoms with E-state index in [1.807, 2.05) is 19.1 Å². The van der Waals surface area contributed by atoms with Crippen LogP contribution in [-0.2, 0) is 10.0 Å². The first kappa shape index (κ1) is 15.2. The van der Waals surface area contributed by atoms with Gasteiger partial charge in [0, 0.05) is 11.5 Å². The van der Waals surface area contributed by atoms with Gasteiger partial charge in [-0.15, -0.1) is 0 Å². The highest BCUT2D eigenvalue weighted by molar-refractivity contribution is 9.10. The van der Waals surface area contributed by atoms with Crippen molar-refractivity contribution < 1.29 is 8.42 Å². The monoisotopic (exact) mass is 330 g/mol. The normalized spacial score (nSPS) is 12.5. The molecule has 98 valence electrons. The molecule has 6 heteroatoms. The summed E-state index contributed by atoms with van der Waals surface area (Å²) in [4.78, 5) is 0.181. The minimum Gasteiger partial charge on any atom is -0.207 e. The lowest BCUT2D eigenvalue weighted by Gasteiger charge is -2.28. The number of nitrogens with zero attached hydrogens (tertiary/aromatic N) is 2. The van der Waals surface area contributed by atoms with Crippen molar-refractivity contribution in [1.82, 2.24) is 4.31 Å². The molecule has 1 aromatic carbocycles. The maximum atomic E-state index is 12.4. The molecule has 0 N–H and O–H groups in total. The van der Waals surface area contributed by atoms with Gasteiger partial charge in [0.1, 0.15) is 5.54 Å². The SMILES string of the molecule is Cc1cc(Br)cc(S(=O)(=O)N(C)C(C)(C)C#N)c1. The number of nitriles is 1. The van der Waals surface area contributed by atoms with Crippen LogP contribution >= 0.6 is 15.9 Å². The van der Waals surface area contributed by atoms with Gasteiger partial charge >= 0.3 is 0 Å². The maximum absolute atomic E-state index is 12.4. The molecule has 0 aliphatic carbocycles. The molecule has 0 spiro atoms. The zero-order valence-electron chi connectivity index (χ0n) is 10.7. The minimum absolute atomic E-state index is 0.181. The Morgan fingerprint density at radius 3 is 2.33 bits per heavy atom. The van der Waals surface area contributed by atoms with Gasteiger partial charge in [0.2, 0.25) is 10.0 Å². The third-order valence-corrected chi connectivity index (χ3v) is 5.20. The molecule has 0 aliphatic rings. The molecular formula is C12H15BrN2O2S. The minimum atomic E-state index is -3.67. The molecular weight excluding hydrogens is 316 g/mol. The van der Waals surface area contributed by atoms with Gasteiger partial charge in [-0.25, -0.2) is 8.42 Å². The van der Waals surface area contributed by atoms with Crippen molar-refractivity contribution in [1.29, 1.82) is 5.26 Å². The predicted octanol–water partition coefficient (Wildman–Crippen LogP) is 2.68. The van der Waals surface area contributed by atoms with Gasteiger partial charge < -0.3 is 0 Å². The van der Waals surface area contributed by atoms with Gasteiger partial charge in [0.15, 0.2) is 0 Å². The molecule has 0 atom stereocenters. The number of rotatable bonds is 3. The van der Waals surface area contributed by atoms with Crippen LogP contribution in [0.25, 0.3) is 0 Å². The molecule has 0 bridgehead atoms. The molecule has 0 amide bonds. The molecule has 1 aromatic rings. The Labute approximate surface area is 116 Å². The zero-order valence-corrected chi connectivity index (χ0v) is 13.1. The van der Waals surface area contributed by atoms with E-state index in [9.17, 15) is 8.42 Å². The van der Waals surface area contributed by atoms with Crippen molar-refractivity contribution >= 4 is 26.0 Å². The van der Waals surface area contributed by atoms with Crippen LogP contribution in [-0.4, -0.2) is 25.3 Å². The van der Waals surface area contributed by atoms with Gasteiger partial charge in [-0.2, -0.15) is 9.57 Å². The fraction of sp³-hybridized carbons (Fsp3) is 0.417. The molecule has 0 aliphatic heterocycles. The summed E-state index contributed by atoms with van der Waals surface area (Å²) in [7, 11) is -2.26. The van der Waals surface area contributed by atoms with E-state index >= 15 is 0 Å². The van der Waals surface area contributed by atoms with E-state index in [0.29, 0.717) is 4.47 Å². The summed E-state index contributed by atoms with van der Waals surface area (Å²) in [6.45, 7) is 4.95. The Morgan fingerprint density at radius 1 is 1.33 bits per heavy atom. The van der Waals surface area contributed by atoms with Crippen LogP contribution in [0.3, 0.4) is 0 Å². The van der Waals surface area contributed by atoms with Gasteiger partial charge in [-0.05, 0) is 44.5 Å². The van der Waals surface area contributed by atoms with Crippen molar-refractivity contribution in [3.05, 3.63) is 28.2 Å². The second-order valence-corrected chi connectivity index (χ2v) is 7.49. The third-order valence-electron chi connectivity index (χ3n) is 2.73. The summed E-state index contributed by atoms with van der Waals surface area (Å²) in [5.41, 5.74) is -0.249. The molecule has 4 nitrogen and oxygen atoms in total. The van der Waals surface area contributed by atoms with E-state index in [1.54, 1.807) is 19.9 Å². The van der Waals surface area contributed by atoms with Crippen molar-refractivity contribution in [2.75, 3.05) is 7.05 Å². The summed E-state index contributed by atoms with van der Waals surface area (Å²) in [6, 6.07) is 6.93. The summed E-state index contributed by atoms with van der Waals surface area (Å²) in [5.74, 6) is 0. The number of halogens is 1. The van der Waals surface area contributed by atoms with Crippen molar-refractivity contribution in [3.8, 4) is 6.07 Å². The highest BCUT2D eigenvalue weighted by Gasteiger charge is 2.34. The largest absolute Gasteiger partial charge is 0.244 e. The van der Waals surface area contributed by atoms with Crippen molar-refractivity contribution in [3.63, 3.8) is 0 Å². The lowest BCUT2D eigenvalue weighted by molar-refractivity contribution is 0.337. The van der Waals surface area contributed by atoms with E-state index in [2.05, 4.69) is 15.9 Å². The van der Waals surface area contributed by atoms with E-state index in [4.69, 9.17) is 5.26 Å². The molecule has 1 rings (SSSR count). The van der Waals surface area contributed by atoms with Gasteiger partial charge in [0.25, 0.3) is 0 Å². The molecule has 0 saturated heterocycles. The van der Waals surface area contributed by atoms with E-state index in [0.717, 1.165) is 9.87 Å². The Balaban J connectivity index is 3.35. The quantitative estimate of drug-likeness (QED) is 0.855. The van der Waals surface area contributed by atoms with Crippen LogP contribution in [0.1, 0.15) is 19.4 Å². The summed E-state index contributed by atoms with van der Waals surface area (Å²) in [5, 5.41) is 9.02. The average Bonchev–Trinajstić information content (AvgIpc) is 2.26. The average molecular weight is 331 g/mol. The first-order valence-electron chi connectivity index (χ1n) is 5.29. The Hall–Kier alpha value is -0.900. The Bertz CT molecular complexity index is 583. The molecule has 0 unspecified atom stereocenters. The molecule has 0 saturated carbocycles. The van der Waals surface area contributed by atoms with Crippen LogP contribution in [0.4, 0.5) is 0 Å². The Kier molecular flexibility index (Phi) is 4.21. The van der Waals surface area contributed by atoms with E-state index in [-0.39, 0.29) is 4.90 Å². The van der Waals surface area contributed by atoms with Gasteiger partial charge in [-0.1, -0.05) is 15.9 Å². The highest BCUT2D eigenvalue weighted by Crippen LogP contribution is 2.25. The van der Waals surface area contributed by atoms with Crippen molar-refractivity contribution in [2.24, 2.45) is 0 Å². The second kappa shape index (κ2) is 5.00. The molecule has 0 radical (unpaired) electrons. The maximum Gasteiger partial charge on any atom is 0.244 e. The molecule has 0 heterocycles. The van der Waals surface area contributed by atoms with E-state index in [1.165, 1.54) is 13.1 Å². The Morgan fingerprint density at radius 2 is 1.89 bits per heavy atom. The number of aryl methyl sites for hydroxylation is 1. The van der Waals surface area contributed by atoms with Gasteiger partial charge in [0.05, 0.1) is 11.0 Å². The fourth-order valence-corrected chi connectivity index (χ4v) is 3.71. The molecule has 0 fully saturated rings. The smallest absolute Gasteiger partial charge is 0.207 e. The standard InChI is InChI=1S/C12H15BrN2O2S/c1-9-5-10(13)7-11(6-9)18(16,17)15(4)12(2,3)8-14/h5-7H,1-4H3. The van der Waals surface area contributed by atoms with Crippen molar-refractivity contribution in [2.45, 2.75) is 31.2 Å². The predicted molar refractivity (Wildman–Crippen MR) is 73.5 cm³/mol.